The minimum Gasteiger partial charge on any atom is -0.353 e. The second-order valence-corrected chi connectivity index (χ2v) is 7.37. The van der Waals surface area contributed by atoms with Crippen LogP contribution in [-0.4, -0.2) is 60.0 Å². The molecule has 6 nitrogen and oxygen atoms in total. The van der Waals surface area contributed by atoms with Gasteiger partial charge in [-0.3, -0.25) is 4.79 Å². The number of halogens is 2. The van der Waals surface area contributed by atoms with Crippen LogP contribution in [0.5, 0.6) is 0 Å². The van der Waals surface area contributed by atoms with Crippen LogP contribution in [0, 0.1) is 5.92 Å². The Balaban J connectivity index is 0.00000150. The highest BCUT2D eigenvalue weighted by atomic mass is 35.5. The number of amides is 1. The molecule has 1 atom stereocenters. The fraction of sp³-hybridized carbons (Fsp3) is 0.476. The molecule has 2 fully saturated rings. The lowest BCUT2D eigenvalue weighted by Crippen LogP contribution is -2.49. The molecule has 8 heteroatoms. The summed E-state index contributed by atoms with van der Waals surface area (Å²) in [5.74, 6) is 2.66. The number of piperazine rings is 1. The van der Waals surface area contributed by atoms with Gasteiger partial charge in [0.1, 0.15) is 5.82 Å². The molecule has 1 unspecified atom stereocenters. The first-order valence-corrected chi connectivity index (χ1v) is 9.91. The Kier molecular flexibility index (Phi) is 9.14. The maximum absolute atomic E-state index is 12.5. The zero-order valence-corrected chi connectivity index (χ0v) is 18.1. The Bertz CT molecular complexity index is 763. The summed E-state index contributed by atoms with van der Waals surface area (Å²) in [7, 11) is 0. The molecule has 2 aromatic rings. The fourth-order valence-electron chi connectivity index (χ4n) is 3.88. The van der Waals surface area contributed by atoms with Gasteiger partial charge in [0, 0.05) is 44.4 Å². The highest BCUT2D eigenvalue weighted by molar-refractivity contribution is 5.85. The number of rotatable bonds is 5. The first-order chi connectivity index (χ1) is 13.3. The van der Waals surface area contributed by atoms with Crippen molar-refractivity contribution in [1.82, 2.24) is 20.2 Å². The van der Waals surface area contributed by atoms with E-state index in [0.717, 1.165) is 62.9 Å². The third-order valence-electron chi connectivity index (χ3n) is 5.56. The molecule has 1 amide bonds. The Morgan fingerprint density at radius 2 is 1.83 bits per heavy atom. The topological polar surface area (TPSA) is 61.4 Å². The highest BCUT2D eigenvalue weighted by Crippen LogP contribution is 2.20. The molecule has 4 rings (SSSR count). The van der Waals surface area contributed by atoms with E-state index in [2.05, 4.69) is 15.2 Å². The summed E-state index contributed by atoms with van der Waals surface area (Å²) < 4.78 is 0. The normalized spacial score (nSPS) is 18.7. The summed E-state index contributed by atoms with van der Waals surface area (Å²) >= 11 is 0. The molecule has 3 heterocycles. The zero-order valence-electron chi connectivity index (χ0n) is 16.5. The van der Waals surface area contributed by atoms with Crippen molar-refractivity contribution in [3.63, 3.8) is 0 Å². The van der Waals surface area contributed by atoms with E-state index in [9.17, 15) is 4.79 Å². The molecule has 2 aliphatic heterocycles. The molecule has 1 aromatic heterocycles. The largest absolute Gasteiger partial charge is 0.353 e. The van der Waals surface area contributed by atoms with Crippen LogP contribution in [0.2, 0.25) is 0 Å². The van der Waals surface area contributed by atoms with Gasteiger partial charge in [0.15, 0.2) is 5.82 Å². The summed E-state index contributed by atoms with van der Waals surface area (Å²) in [6, 6.07) is 12.0. The van der Waals surface area contributed by atoms with Gasteiger partial charge in [0.25, 0.3) is 0 Å². The smallest absolute Gasteiger partial charge is 0.222 e. The number of hydrogen-bond acceptors (Lipinski definition) is 5. The van der Waals surface area contributed by atoms with Crippen LogP contribution >= 0.6 is 24.8 Å². The van der Waals surface area contributed by atoms with Gasteiger partial charge < -0.3 is 15.1 Å². The zero-order chi connectivity index (χ0) is 18.5. The van der Waals surface area contributed by atoms with E-state index >= 15 is 0 Å². The van der Waals surface area contributed by atoms with Gasteiger partial charge in [0.2, 0.25) is 5.91 Å². The number of carbonyl (C=O) groups excluding carboxylic acids is 1. The summed E-state index contributed by atoms with van der Waals surface area (Å²) in [5.41, 5.74) is 1.02. The van der Waals surface area contributed by atoms with Crippen molar-refractivity contribution in [2.75, 3.05) is 44.2 Å². The number of aromatic nitrogens is 2. The molecule has 29 heavy (non-hydrogen) atoms. The third-order valence-corrected chi connectivity index (χ3v) is 5.56. The Morgan fingerprint density at radius 3 is 2.52 bits per heavy atom. The molecule has 0 bridgehead atoms. The molecule has 158 valence electrons. The van der Waals surface area contributed by atoms with Crippen LogP contribution < -0.4 is 10.2 Å². The minimum absolute atomic E-state index is 0. The lowest BCUT2D eigenvalue weighted by Gasteiger charge is -2.35. The average molecular weight is 438 g/mol. The van der Waals surface area contributed by atoms with Crippen molar-refractivity contribution >= 4 is 36.5 Å². The minimum atomic E-state index is 0. The second kappa shape index (κ2) is 11.3. The van der Waals surface area contributed by atoms with E-state index in [1.807, 2.05) is 47.5 Å². The first-order valence-electron chi connectivity index (χ1n) is 9.91. The Labute approximate surface area is 184 Å². The number of nitrogens with one attached hydrogen (secondary N) is 1. The van der Waals surface area contributed by atoms with Crippen molar-refractivity contribution in [2.45, 2.75) is 19.3 Å². The van der Waals surface area contributed by atoms with Gasteiger partial charge >= 0.3 is 0 Å². The van der Waals surface area contributed by atoms with Crippen LogP contribution in [0.3, 0.4) is 0 Å². The quantitative estimate of drug-likeness (QED) is 0.778. The van der Waals surface area contributed by atoms with E-state index in [4.69, 9.17) is 4.98 Å². The number of carbonyl (C=O) groups is 1. The summed E-state index contributed by atoms with van der Waals surface area (Å²) in [6.07, 6.45) is 4.72. The molecule has 0 saturated carbocycles. The van der Waals surface area contributed by atoms with Crippen LogP contribution in [0.1, 0.15) is 19.3 Å². The summed E-state index contributed by atoms with van der Waals surface area (Å²) in [5, 5.41) is 3.37. The predicted molar refractivity (Wildman–Crippen MR) is 121 cm³/mol. The van der Waals surface area contributed by atoms with Gasteiger partial charge in [-0.1, -0.05) is 30.3 Å². The summed E-state index contributed by atoms with van der Waals surface area (Å²) in [6.45, 7) is 5.35. The number of benzene rings is 1. The van der Waals surface area contributed by atoms with Gasteiger partial charge in [-0.2, -0.15) is 0 Å². The number of hydrogen-bond donors (Lipinski definition) is 1. The van der Waals surface area contributed by atoms with Crippen molar-refractivity contribution < 1.29 is 4.79 Å². The SMILES string of the molecule is Cl.Cl.O=C(CCC1CCNC1)N1CCN(c2ccnc(-c3ccccc3)n2)CC1. The maximum Gasteiger partial charge on any atom is 0.222 e. The first kappa shape index (κ1) is 23.4. The maximum atomic E-state index is 12.5. The lowest BCUT2D eigenvalue weighted by atomic mass is 10.0. The lowest BCUT2D eigenvalue weighted by molar-refractivity contribution is -0.131. The predicted octanol–water partition coefficient (Wildman–Crippen LogP) is 3.03. The van der Waals surface area contributed by atoms with Gasteiger partial charge in [-0.25, -0.2) is 9.97 Å². The van der Waals surface area contributed by atoms with Gasteiger partial charge in [-0.15, -0.1) is 24.8 Å². The Morgan fingerprint density at radius 1 is 1.07 bits per heavy atom. The van der Waals surface area contributed by atoms with Gasteiger partial charge in [0.05, 0.1) is 0 Å². The van der Waals surface area contributed by atoms with Crippen LogP contribution in [0.15, 0.2) is 42.6 Å². The monoisotopic (exact) mass is 437 g/mol. The molecule has 1 N–H and O–H groups in total. The van der Waals surface area contributed by atoms with E-state index in [0.29, 0.717) is 18.2 Å². The standard InChI is InChI=1S/C21H27N5O.2ClH/c27-20(7-6-17-8-10-22-16-17)26-14-12-25(13-15-26)19-9-11-23-21(24-19)18-4-2-1-3-5-18;;/h1-5,9,11,17,22H,6-8,10,12-16H2;2*1H. The third kappa shape index (κ3) is 6.04. The van der Waals surface area contributed by atoms with Crippen LogP contribution in [0.25, 0.3) is 11.4 Å². The van der Waals surface area contributed by atoms with E-state index in [1.165, 1.54) is 6.42 Å². The second-order valence-electron chi connectivity index (χ2n) is 7.37. The summed E-state index contributed by atoms with van der Waals surface area (Å²) in [4.78, 5) is 25.9. The molecule has 0 aliphatic carbocycles. The van der Waals surface area contributed by atoms with E-state index < -0.39 is 0 Å². The molecule has 2 aliphatic rings. The molecule has 0 spiro atoms. The van der Waals surface area contributed by atoms with E-state index in [1.54, 1.807) is 0 Å². The Hall–Kier alpha value is -1.89. The van der Waals surface area contributed by atoms with Crippen LogP contribution in [-0.2, 0) is 4.79 Å². The van der Waals surface area contributed by atoms with Crippen molar-refractivity contribution in [3.8, 4) is 11.4 Å². The number of anilines is 1. The van der Waals surface area contributed by atoms with E-state index in [-0.39, 0.29) is 24.8 Å². The average Bonchev–Trinajstić information content (AvgIpc) is 3.27. The van der Waals surface area contributed by atoms with Crippen LogP contribution in [0.4, 0.5) is 5.82 Å². The molecule has 0 radical (unpaired) electrons. The molecular formula is C21H29Cl2N5O. The molecule has 2 saturated heterocycles. The fourth-order valence-corrected chi connectivity index (χ4v) is 3.88. The van der Waals surface area contributed by atoms with Gasteiger partial charge in [-0.05, 0) is 37.9 Å². The van der Waals surface area contributed by atoms with Crippen molar-refractivity contribution in [1.29, 1.82) is 0 Å². The van der Waals surface area contributed by atoms with Crippen molar-refractivity contribution in [2.24, 2.45) is 5.92 Å². The molecular weight excluding hydrogens is 409 g/mol. The number of nitrogens with zero attached hydrogens (tertiary/aromatic N) is 4. The highest BCUT2D eigenvalue weighted by Gasteiger charge is 2.23. The van der Waals surface area contributed by atoms with Crippen molar-refractivity contribution in [3.05, 3.63) is 42.6 Å². The molecule has 1 aromatic carbocycles.